The lowest BCUT2D eigenvalue weighted by Gasteiger charge is -2.38. The molecule has 0 saturated heterocycles. The van der Waals surface area contributed by atoms with Crippen molar-refractivity contribution in [2.24, 2.45) is 17.6 Å². The molecule has 3 rings (SSSR count). The van der Waals surface area contributed by atoms with Gasteiger partial charge in [0.25, 0.3) is 0 Å². The van der Waals surface area contributed by atoms with Gasteiger partial charge in [0, 0.05) is 5.54 Å². The molecule has 2 aliphatic carbocycles. The molecule has 0 radical (unpaired) electrons. The van der Waals surface area contributed by atoms with Gasteiger partial charge in [-0.3, -0.25) is 0 Å². The van der Waals surface area contributed by atoms with Crippen molar-refractivity contribution < 1.29 is 0 Å². The zero-order chi connectivity index (χ0) is 13.5. The lowest BCUT2D eigenvalue weighted by molar-refractivity contribution is 0.204. The smallest absolute Gasteiger partial charge is 0.0197 e. The second kappa shape index (κ2) is 4.94. The largest absolute Gasteiger partial charge is 0.325 e. The van der Waals surface area contributed by atoms with E-state index in [1.54, 1.807) is 0 Å². The molecule has 1 aromatic carbocycles. The number of nitrogens with two attached hydrogens (primary N) is 1. The molecule has 0 amide bonds. The van der Waals surface area contributed by atoms with Crippen LogP contribution in [-0.2, 0) is 6.42 Å². The van der Waals surface area contributed by atoms with Gasteiger partial charge in [-0.25, -0.2) is 0 Å². The molecular weight excluding hydrogens is 230 g/mol. The molecule has 0 aromatic heterocycles. The maximum absolute atomic E-state index is 6.75. The maximum Gasteiger partial charge on any atom is 0.0197 e. The number of rotatable bonds is 3. The summed E-state index contributed by atoms with van der Waals surface area (Å²) in [5.41, 5.74) is 11.0. The van der Waals surface area contributed by atoms with Gasteiger partial charge in [-0.15, -0.1) is 0 Å². The molecule has 2 N–H and O–H groups in total. The van der Waals surface area contributed by atoms with Gasteiger partial charge in [0.2, 0.25) is 0 Å². The molecule has 2 saturated carbocycles. The van der Waals surface area contributed by atoms with E-state index in [9.17, 15) is 0 Å². The lowest BCUT2D eigenvalue weighted by Crippen LogP contribution is -2.46. The van der Waals surface area contributed by atoms with Gasteiger partial charge < -0.3 is 5.73 Å². The molecule has 1 heteroatoms. The van der Waals surface area contributed by atoms with Crippen LogP contribution in [0.3, 0.4) is 0 Å². The van der Waals surface area contributed by atoms with Crippen LogP contribution in [0.2, 0.25) is 0 Å². The van der Waals surface area contributed by atoms with Crippen molar-refractivity contribution in [2.45, 2.75) is 64.3 Å². The van der Waals surface area contributed by atoms with E-state index in [4.69, 9.17) is 5.73 Å². The standard InChI is InChI=1S/C18H27N/c1-13-8-14(2)10-15(9-13)11-18(19)7-3-4-17(12-18)16-5-6-16/h8-10,16-17H,3-7,11-12,19H2,1-2H3. The van der Waals surface area contributed by atoms with Gasteiger partial charge in [-0.2, -0.15) is 0 Å². The first-order valence-corrected chi connectivity index (χ1v) is 7.90. The first-order valence-electron chi connectivity index (χ1n) is 7.90. The fourth-order valence-electron chi connectivity index (χ4n) is 4.15. The van der Waals surface area contributed by atoms with Crippen LogP contribution in [0.4, 0.5) is 0 Å². The topological polar surface area (TPSA) is 26.0 Å². The monoisotopic (exact) mass is 257 g/mol. The first-order chi connectivity index (χ1) is 9.04. The van der Waals surface area contributed by atoms with Crippen LogP contribution < -0.4 is 5.73 Å². The Balaban J connectivity index is 1.72. The van der Waals surface area contributed by atoms with E-state index in [2.05, 4.69) is 32.0 Å². The number of hydrogen-bond acceptors (Lipinski definition) is 1. The third-order valence-electron chi connectivity index (χ3n) is 5.04. The molecule has 0 bridgehead atoms. The van der Waals surface area contributed by atoms with Gasteiger partial charge in [-0.05, 0) is 63.4 Å². The molecule has 19 heavy (non-hydrogen) atoms. The van der Waals surface area contributed by atoms with Crippen molar-refractivity contribution in [2.75, 3.05) is 0 Å². The molecule has 1 nitrogen and oxygen atoms in total. The zero-order valence-corrected chi connectivity index (χ0v) is 12.4. The van der Waals surface area contributed by atoms with E-state index in [0.29, 0.717) is 0 Å². The number of benzene rings is 1. The summed E-state index contributed by atoms with van der Waals surface area (Å²) in [4.78, 5) is 0. The van der Waals surface area contributed by atoms with Crippen LogP contribution in [-0.4, -0.2) is 5.54 Å². The highest BCUT2D eigenvalue weighted by Crippen LogP contribution is 2.46. The van der Waals surface area contributed by atoms with Crippen LogP contribution >= 0.6 is 0 Å². The van der Waals surface area contributed by atoms with Crippen LogP contribution in [0, 0.1) is 25.7 Å². The molecule has 0 aliphatic heterocycles. The second-order valence-electron chi connectivity index (χ2n) is 7.23. The molecular formula is C18H27N. The lowest BCUT2D eigenvalue weighted by atomic mass is 9.71. The van der Waals surface area contributed by atoms with Crippen LogP contribution in [0.5, 0.6) is 0 Å². The Bertz CT molecular complexity index is 441. The summed E-state index contributed by atoms with van der Waals surface area (Å²) >= 11 is 0. The van der Waals surface area contributed by atoms with Crippen LogP contribution in [0.1, 0.15) is 55.2 Å². The Morgan fingerprint density at radius 3 is 2.37 bits per heavy atom. The molecule has 2 atom stereocenters. The van der Waals surface area contributed by atoms with Crippen molar-refractivity contribution in [1.29, 1.82) is 0 Å². The number of hydrogen-bond donors (Lipinski definition) is 1. The van der Waals surface area contributed by atoms with Gasteiger partial charge in [-0.1, -0.05) is 42.2 Å². The third-order valence-corrected chi connectivity index (χ3v) is 5.04. The average Bonchev–Trinajstić information content (AvgIpc) is 3.10. The van der Waals surface area contributed by atoms with Crippen LogP contribution in [0.25, 0.3) is 0 Å². The highest BCUT2D eigenvalue weighted by Gasteiger charge is 2.39. The normalized spacial score (nSPS) is 31.4. The predicted octanol–water partition coefficient (Wildman–Crippen LogP) is 4.14. The minimum absolute atomic E-state index is 0.0613. The van der Waals surface area contributed by atoms with E-state index >= 15 is 0 Å². The summed E-state index contributed by atoms with van der Waals surface area (Å²) in [5.74, 6) is 1.94. The Kier molecular flexibility index (Phi) is 3.42. The summed E-state index contributed by atoms with van der Waals surface area (Å²) in [6.07, 6.45) is 9.22. The average molecular weight is 257 g/mol. The van der Waals surface area contributed by atoms with Gasteiger partial charge in [0.15, 0.2) is 0 Å². The Labute approximate surface area is 117 Å². The van der Waals surface area contributed by atoms with Crippen LogP contribution in [0.15, 0.2) is 18.2 Å². The first kappa shape index (κ1) is 13.2. The second-order valence-corrected chi connectivity index (χ2v) is 7.23. The summed E-state index contributed by atoms with van der Waals surface area (Å²) in [6.45, 7) is 4.38. The van der Waals surface area contributed by atoms with Crippen molar-refractivity contribution >= 4 is 0 Å². The molecule has 0 spiro atoms. The van der Waals surface area contributed by atoms with Crippen molar-refractivity contribution in [3.63, 3.8) is 0 Å². The number of aryl methyl sites for hydroxylation is 2. The summed E-state index contributed by atoms with van der Waals surface area (Å²) in [5, 5.41) is 0. The zero-order valence-electron chi connectivity index (χ0n) is 12.4. The molecule has 1 aromatic rings. The fraction of sp³-hybridized carbons (Fsp3) is 0.667. The van der Waals surface area contributed by atoms with E-state index < -0.39 is 0 Å². The predicted molar refractivity (Wildman–Crippen MR) is 81.2 cm³/mol. The SMILES string of the molecule is Cc1cc(C)cc(CC2(N)CCCC(C3CC3)C2)c1. The third kappa shape index (κ3) is 3.20. The highest BCUT2D eigenvalue weighted by atomic mass is 14.8. The summed E-state index contributed by atoms with van der Waals surface area (Å²) in [6, 6.07) is 6.89. The van der Waals surface area contributed by atoms with Gasteiger partial charge >= 0.3 is 0 Å². The maximum atomic E-state index is 6.75. The Morgan fingerprint density at radius 2 is 1.74 bits per heavy atom. The van der Waals surface area contributed by atoms with E-state index in [-0.39, 0.29) is 5.54 Å². The minimum atomic E-state index is 0.0613. The highest BCUT2D eigenvalue weighted by molar-refractivity contribution is 5.30. The van der Waals surface area contributed by atoms with E-state index in [1.807, 2.05) is 0 Å². The Hall–Kier alpha value is -0.820. The van der Waals surface area contributed by atoms with Crippen molar-refractivity contribution in [1.82, 2.24) is 0 Å². The Morgan fingerprint density at radius 1 is 1.05 bits per heavy atom. The van der Waals surface area contributed by atoms with Crippen molar-refractivity contribution in [3.05, 3.63) is 34.9 Å². The fourth-order valence-corrected chi connectivity index (χ4v) is 4.15. The summed E-state index contributed by atoms with van der Waals surface area (Å²) < 4.78 is 0. The molecule has 0 heterocycles. The molecule has 104 valence electrons. The molecule has 2 aliphatic rings. The van der Waals surface area contributed by atoms with E-state index in [1.165, 1.54) is 55.2 Å². The molecule has 2 fully saturated rings. The van der Waals surface area contributed by atoms with E-state index in [0.717, 1.165) is 18.3 Å². The van der Waals surface area contributed by atoms with Crippen molar-refractivity contribution in [3.8, 4) is 0 Å². The quantitative estimate of drug-likeness (QED) is 0.865. The minimum Gasteiger partial charge on any atom is -0.325 e. The molecule has 2 unspecified atom stereocenters. The summed E-state index contributed by atoms with van der Waals surface area (Å²) in [7, 11) is 0. The van der Waals surface area contributed by atoms with Gasteiger partial charge in [0.05, 0.1) is 0 Å². The van der Waals surface area contributed by atoms with Gasteiger partial charge in [0.1, 0.15) is 0 Å².